The monoisotopic (exact) mass is 248 g/mol. The van der Waals surface area contributed by atoms with Crippen LogP contribution in [0, 0.1) is 5.82 Å². The molecule has 0 aliphatic carbocycles. The molecule has 1 atom stereocenters. The third kappa shape index (κ3) is 2.32. The Morgan fingerprint density at radius 1 is 1.33 bits per heavy atom. The van der Waals surface area contributed by atoms with Crippen LogP contribution >= 0.6 is 0 Å². The smallest absolute Gasteiger partial charge is 0.311 e. The van der Waals surface area contributed by atoms with E-state index in [9.17, 15) is 14.0 Å². The second kappa shape index (κ2) is 4.72. The highest BCUT2D eigenvalue weighted by Crippen LogP contribution is 2.35. The number of rotatable bonds is 2. The second-order valence-electron chi connectivity index (χ2n) is 4.31. The number of carbonyl (C=O) groups is 2. The van der Waals surface area contributed by atoms with E-state index in [4.69, 9.17) is 4.74 Å². The molecule has 1 aliphatic heterocycles. The van der Waals surface area contributed by atoms with E-state index < -0.39 is 0 Å². The summed E-state index contributed by atoms with van der Waals surface area (Å²) in [7, 11) is 0. The van der Waals surface area contributed by atoms with Gasteiger partial charge in [-0.25, -0.2) is 4.39 Å². The summed E-state index contributed by atoms with van der Waals surface area (Å²) < 4.78 is 17.9. The van der Waals surface area contributed by atoms with Gasteiger partial charge in [-0.15, -0.1) is 0 Å². The van der Waals surface area contributed by atoms with Crippen LogP contribution in [-0.4, -0.2) is 11.8 Å². The molecule has 1 aromatic rings. The first-order valence-corrected chi connectivity index (χ1v) is 5.67. The minimum atomic E-state index is -0.369. The molecule has 4 heteroatoms. The van der Waals surface area contributed by atoms with Gasteiger partial charge in [-0.3, -0.25) is 9.59 Å². The number of Topliss-reactive ketones (excluding diaryl/α,β-unsaturated/α-hetero) is 1. The van der Waals surface area contributed by atoms with E-state index >= 15 is 0 Å². The summed E-state index contributed by atoms with van der Waals surface area (Å²) in [5.74, 6) is -0.846. The number of hydrogen-bond donors (Lipinski definition) is 0. The van der Waals surface area contributed by atoms with Crippen molar-refractivity contribution in [3.05, 3.63) is 47.0 Å². The van der Waals surface area contributed by atoms with Crippen LogP contribution in [0.2, 0.25) is 0 Å². The Labute approximate surface area is 104 Å². The van der Waals surface area contributed by atoms with Crippen molar-refractivity contribution < 1.29 is 18.7 Å². The van der Waals surface area contributed by atoms with Crippen LogP contribution < -0.4 is 0 Å². The first-order chi connectivity index (χ1) is 8.49. The SMILES string of the molecule is CC(=O)C1=C(C)OC(=O)CC1c1ccc(F)cc1. The first kappa shape index (κ1) is 12.5. The fourth-order valence-electron chi connectivity index (χ4n) is 2.25. The molecule has 1 aliphatic rings. The van der Waals surface area contributed by atoms with Gasteiger partial charge in [0.25, 0.3) is 0 Å². The van der Waals surface area contributed by atoms with Gasteiger partial charge in [0.15, 0.2) is 5.78 Å². The van der Waals surface area contributed by atoms with Crippen LogP contribution in [0.25, 0.3) is 0 Å². The van der Waals surface area contributed by atoms with Crippen molar-refractivity contribution in [2.75, 3.05) is 0 Å². The molecular formula is C14H13FO3. The van der Waals surface area contributed by atoms with Crippen molar-refractivity contribution in [2.45, 2.75) is 26.2 Å². The van der Waals surface area contributed by atoms with E-state index in [0.29, 0.717) is 11.3 Å². The fraction of sp³-hybridized carbons (Fsp3) is 0.286. The average molecular weight is 248 g/mol. The van der Waals surface area contributed by atoms with E-state index in [1.807, 2.05) is 0 Å². The van der Waals surface area contributed by atoms with Crippen molar-refractivity contribution >= 4 is 11.8 Å². The highest BCUT2D eigenvalue weighted by atomic mass is 19.1. The van der Waals surface area contributed by atoms with Gasteiger partial charge in [0.2, 0.25) is 0 Å². The summed E-state index contributed by atoms with van der Waals surface area (Å²) in [6.07, 6.45) is 0.109. The van der Waals surface area contributed by atoms with E-state index in [0.717, 1.165) is 5.56 Å². The molecule has 3 nitrogen and oxygen atoms in total. The fourth-order valence-corrected chi connectivity index (χ4v) is 2.25. The normalized spacial score (nSPS) is 19.7. The lowest BCUT2D eigenvalue weighted by Gasteiger charge is -2.25. The number of benzene rings is 1. The van der Waals surface area contributed by atoms with Crippen LogP contribution in [0.4, 0.5) is 4.39 Å². The molecule has 0 amide bonds. The molecule has 0 N–H and O–H groups in total. The molecule has 94 valence electrons. The summed E-state index contributed by atoms with van der Waals surface area (Å²) in [6, 6.07) is 5.83. The average Bonchev–Trinajstić information content (AvgIpc) is 2.28. The van der Waals surface area contributed by atoms with Gasteiger partial charge in [0.05, 0.1) is 6.42 Å². The summed E-state index contributed by atoms with van der Waals surface area (Å²) >= 11 is 0. The largest absolute Gasteiger partial charge is 0.431 e. The molecule has 1 aromatic carbocycles. The molecule has 1 unspecified atom stereocenters. The zero-order valence-electron chi connectivity index (χ0n) is 10.2. The lowest BCUT2D eigenvalue weighted by Crippen LogP contribution is -2.23. The van der Waals surface area contributed by atoms with Gasteiger partial charge in [-0.1, -0.05) is 12.1 Å². The van der Waals surface area contributed by atoms with Gasteiger partial charge in [-0.05, 0) is 31.5 Å². The summed E-state index contributed by atoms with van der Waals surface area (Å²) in [5, 5.41) is 0. The molecule has 0 saturated carbocycles. The van der Waals surface area contributed by atoms with Gasteiger partial charge in [0.1, 0.15) is 11.6 Å². The van der Waals surface area contributed by atoms with Crippen molar-refractivity contribution in [1.29, 1.82) is 0 Å². The summed E-state index contributed by atoms with van der Waals surface area (Å²) in [4.78, 5) is 23.1. The van der Waals surface area contributed by atoms with Crippen LogP contribution in [0.15, 0.2) is 35.6 Å². The predicted molar refractivity (Wildman–Crippen MR) is 63.2 cm³/mol. The quantitative estimate of drug-likeness (QED) is 0.756. The Morgan fingerprint density at radius 3 is 2.50 bits per heavy atom. The molecule has 18 heavy (non-hydrogen) atoms. The van der Waals surface area contributed by atoms with E-state index in [1.165, 1.54) is 19.1 Å². The molecule has 1 heterocycles. The molecule has 0 bridgehead atoms. The van der Waals surface area contributed by atoms with Crippen LogP contribution in [0.3, 0.4) is 0 Å². The Morgan fingerprint density at radius 2 is 1.94 bits per heavy atom. The zero-order chi connectivity index (χ0) is 13.3. The predicted octanol–water partition coefficient (Wildman–Crippen LogP) is 2.72. The molecule has 2 rings (SSSR count). The number of esters is 1. The number of ether oxygens (including phenoxy) is 1. The lowest BCUT2D eigenvalue weighted by atomic mass is 9.84. The maximum absolute atomic E-state index is 12.9. The van der Waals surface area contributed by atoms with E-state index in [-0.39, 0.29) is 29.9 Å². The Kier molecular flexibility index (Phi) is 3.28. The molecule has 0 spiro atoms. The minimum Gasteiger partial charge on any atom is -0.431 e. The Bertz CT molecular complexity index is 528. The maximum atomic E-state index is 12.9. The minimum absolute atomic E-state index is 0.109. The van der Waals surface area contributed by atoms with Gasteiger partial charge in [-0.2, -0.15) is 0 Å². The number of hydrogen-bond acceptors (Lipinski definition) is 3. The van der Waals surface area contributed by atoms with Crippen LogP contribution in [0.5, 0.6) is 0 Å². The molecule has 0 radical (unpaired) electrons. The zero-order valence-corrected chi connectivity index (χ0v) is 10.2. The Hall–Kier alpha value is -1.97. The third-order valence-electron chi connectivity index (χ3n) is 3.02. The number of halogens is 1. The van der Waals surface area contributed by atoms with Crippen molar-refractivity contribution in [3.8, 4) is 0 Å². The number of cyclic esters (lactones) is 1. The second-order valence-corrected chi connectivity index (χ2v) is 4.31. The van der Waals surface area contributed by atoms with E-state index in [2.05, 4.69) is 0 Å². The van der Waals surface area contributed by atoms with Crippen molar-refractivity contribution in [1.82, 2.24) is 0 Å². The standard InChI is InChI=1S/C14H13FO3/c1-8(16)14-9(2)18-13(17)7-12(14)10-3-5-11(15)6-4-10/h3-6,12H,7H2,1-2H3. The molecule has 0 aromatic heterocycles. The summed E-state index contributed by atoms with van der Waals surface area (Å²) in [5.41, 5.74) is 1.24. The third-order valence-corrected chi connectivity index (χ3v) is 3.02. The van der Waals surface area contributed by atoms with Gasteiger partial charge < -0.3 is 4.74 Å². The van der Waals surface area contributed by atoms with Gasteiger partial charge >= 0.3 is 5.97 Å². The Balaban J connectivity index is 2.46. The topological polar surface area (TPSA) is 43.4 Å². The van der Waals surface area contributed by atoms with Crippen LogP contribution in [0.1, 0.15) is 31.7 Å². The van der Waals surface area contributed by atoms with Gasteiger partial charge in [0, 0.05) is 11.5 Å². The molecular weight excluding hydrogens is 235 g/mol. The first-order valence-electron chi connectivity index (χ1n) is 5.67. The maximum Gasteiger partial charge on any atom is 0.311 e. The van der Waals surface area contributed by atoms with E-state index in [1.54, 1.807) is 19.1 Å². The lowest BCUT2D eigenvalue weighted by molar-refractivity contribution is -0.141. The molecule has 0 fully saturated rings. The van der Waals surface area contributed by atoms with Crippen molar-refractivity contribution in [2.24, 2.45) is 0 Å². The summed E-state index contributed by atoms with van der Waals surface area (Å²) in [6.45, 7) is 3.04. The number of carbonyl (C=O) groups excluding carboxylic acids is 2. The number of ketones is 1. The highest BCUT2D eigenvalue weighted by molar-refractivity contribution is 5.97. The number of allylic oxidation sites excluding steroid dienone is 2. The molecule has 0 saturated heterocycles. The van der Waals surface area contributed by atoms with Crippen LogP contribution in [-0.2, 0) is 14.3 Å². The van der Waals surface area contributed by atoms with Crippen molar-refractivity contribution in [3.63, 3.8) is 0 Å². The highest BCUT2D eigenvalue weighted by Gasteiger charge is 2.31.